The third kappa shape index (κ3) is 4.49. The number of carbonyl (C=O) groups is 2. The van der Waals surface area contributed by atoms with Crippen LogP contribution < -0.4 is 14.8 Å². The third-order valence-electron chi connectivity index (χ3n) is 3.33. The van der Waals surface area contributed by atoms with E-state index in [0.29, 0.717) is 11.5 Å². The molecule has 6 nitrogen and oxygen atoms in total. The van der Waals surface area contributed by atoms with E-state index in [9.17, 15) is 9.59 Å². The quantitative estimate of drug-likeness (QED) is 0.788. The Kier molecular flexibility index (Phi) is 6.19. The number of methoxy groups -OCH3 is 2. The second kappa shape index (κ2) is 8.57. The Bertz CT molecular complexity index is 714. The highest BCUT2D eigenvalue weighted by atomic mass is 16.5. The van der Waals surface area contributed by atoms with Gasteiger partial charge in [0.05, 0.1) is 14.2 Å². The number of hydrogen-bond donors (Lipinski definition) is 1. The maximum absolute atomic E-state index is 12.0. The summed E-state index contributed by atoms with van der Waals surface area (Å²) < 4.78 is 15.3. The average Bonchev–Trinajstić information content (AvgIpc) is 2.64. The summed E-state index contributed by atoms with van der Waals surface area (Å²) in [7, 11) is 3.03. The van der Waals surface area contributed by atoms with Crippen LogP contribution in [0.3, 0.4) is 0 Å². The van der Waals surface area contributed by atoms with Crippen LogP contribution in [0.4, 0.5) is 0 Å². The van der Waals surface area contributed by atoms with E-state index in [1.165, 1.54) is 7.11 Å². The number of amides is 1. The Morgan fingerprint density at radius 1 is 0.917 bits per heavy atom. The fourth-order valence-electron chi connectivity index (χ4n) is 2.12. The van der Waals surface area contributed by atoms with Crippen LogP contribution in [0.1, 0.15) is 15.9 Å². The molecule has 2 aromatic carbocycles. The predicted molar refractivity (Wildman–Crippen MR) is 88.1 cm³/mol. The van der Waals surface area contributed by atoms with Crippen molar-refractivity contribution in [2.24, 2.45) is 0 Å². The Balaban J connectivity index is 1.86. The summed E-state index contributed by atoms with van der Waals surface area (Å²) in [4.78, 5) is 23.8. The topological polar surface area (TPSA) is 73.9 Å². The van der Waals surface area contributed by atoms with Crippen LogP contribution in [-0.2, 0) is 16.1 Å². The molecule has 0 saturated carbocycles. The molecular weight excluding hydrogens is 310 g/mol. The first-order chi connectivity index (χ1) is 11.7. The summed E-state index contributed by atoms with van der Waals surface area (Å²) in [6.45, 7) is -0.0823. The zero-order valence-electron chi connectivity index (χ0n) is 13.6. The highest BCUT2D eigenvalue weighted by molar-refractivity contribution is 5.93. The van der Waals surface area contributed by atoms with Crippen molar-refractivity contribution in [1.82, 2.24) is 5.32 Å². The minimum absolute atomic E-state index is 0.275. The van der Waals surface area contributed by atoms with Gasteiger partial charge in [-0.05, 0) is 18.2 Å². The Labute approximate surface area is 140 Å². The third-order valence-corrected chi connectivity index (χ3v) is 3.33. The number of esters is 1. The number of rotatable bonds is 7. The predicted octanol–water partition coefficient (Wildman–Crippen LogP) is 2.18. The fourth-order valence-corrected chi connectivity index (χ4v) is 2.12. The second-order valence-corrected chi connectivity index (χ2v) is 4.86. The summed E-state index contributed by atoms with van der Waals surface area (Å²) in [5, 5.41) is 2.68. The minimum atomic E-state index is -0.611. The molecule has 0 aliphatic rings. The molecule has 0 aromatic heterocycles. The molecule has 6 heteroatoms. The molecule has 0 spiro atoms. The van der Waals surface area contributed by atoms with Gasteiger partial charge in [0.1, 0.15) is 17.1 Å². The maximum Gasteiger partial charge on any atom is 0.342 e. The first-order valence-corrected chi connectivity index (χ1v) is 7.34. The van der Waals surface area contributed by atoms with Gasteiger partial charge in [-0.25, -0.2) is 4.79 Å². The summed E-state index contributed by atoms with van der Waals surface area (Å²) in [6.07, 6.45) is 0. The van der Waals surface area contributed by atoms with Crippen molar-refractivity contribution >= 4 is 11.9 Å². The molecule has 0 saturated heterocycles. The van der Waals surface area contributed by atoms with Crippen LogP contribution in [0.2, 0.25) is 0 Å². The Hall–Kier alpha value is -3.02. The SMILES string of the molecule is COc1ccccc1CNC(=O)COC(=O)c1ccccc1OC. The lowest BCUT2D eigenvalue weighted by atomic mass is 10.2. The largest absolute Gasteiger partial charge is 0.496 e. The molecular formula is C18H19NO5. The molecule has 1 amide bonds. The Morgan fingerprint density at radius 2 is 1.54 bits per heavy atom. The Morgan fingerprint density at radius 3 is 2.25 bits per heavy atom. The van der Waals surface area contributed by atoms with Crippen molar-refractivity contribution in [1.29, 1.82) is 0 Å². The van der Waals surface area contributed by atoms with E-state index in [0.717, 1.165) is 5.56 Å². The normalized spacial score (nSPS) is 9.92. The summed E-state index contributed by atoms with van der Waals surface area (Å²) in [6, 6.07) is 14.0. The standard InChI is InChI=1S/C18H19NO5/c1-22-15-9-5-3-7-13(15)11-19-17(20)12-24-18(21)14-8-4-6-10-16(14)23-2/h3-10H,11-12H2,1-2H3,(H,19,20). The molecule has 0 unspecified atom stereocenters. The van der Waals surface area contributed by atoms with Crippen molar-refractivity contribution < 1.29 is 23.8 Å². The van der Waals surface area contributed by atoms with Crippen LogP contribution in [0.25, 0.3) is 0 Å². The number of para-hydroxylation sites is 2. The van der Waals surface area contributed by atoms with E-state index in [2.05, 4.69) is 5.32 Å². The van der Waals surface area contributed by atoms with Crippen molar-refractivity contribution in [3.63, 3.8) is 0 Å². The van der Waals surface area contributed by atoms with Gasteiger partial charge in [-0.2, -0.15) is 0 Å². The van der Waals surface area contributed by atoms with Crippen molar-refractivity contribution in [2.45, 2.75) is 6.54 Å². The molecule has 0 aliphatic heterocycles. The van der Waals surface area contributed by atoms with Gasteiger partial charge in [0.2, 0.25) is 0 Å². The summed E-state index contributed by atoms with van der Waals surface area (Å²) in [5.74, 6) is 0.0739. The number of nitrogens with one attached hydrogen (secondary N) is 1. The van der Waals surface area contributed by atoms with Crippen LogP contribution in [0, 0.1) is 0 Å². The fraction of sp³-hybridized carbons (Fsp3) is 0.222. The molecule has 24 heavy (non-hydrogen) atoms. The minimum Gasteiger partial charge on any atom is -0.496 e. The molecule has 2 aromatic rings. The van der Waals surface area contributed by atoms with E-state index in [1.807, 2.05) is 24.3 Å². The maximum atomic E-state index is 12.0. The zero-order chi connectivity index (χ0) is 17.4. The highest BCUT2D eigenvalue weighted by Crippen LogP contribution is 2.18. The summed E-state index contributed by atoms with van der Waals surface area (Å²) >= 11 is 0. The van der Waals surface area contributed by atoms with E-state index < -0.39 is 11.9 Å². The van der Waals surface area contributed by atoms with E-state index in [1.54, 1.807) is 31.4 Å². The van der Waals surface area contributed by atoms with Gasteiger partial charge in [0.15, 0.2) is 6.61 Å². The lowest BCUT2D eigenvalue weighted by Crippen LogP contribution is -2.28. The molecule has 0 atom stereocenters. The number of benzene rings is 2. The van der Waals surface area contributed by atoms with Crippen LogP contribution in [0.15, 0.2) is 48.5 Å². The average molecular weight is 329 g/mol. The molecule has 0 radical (unpaired) electrons. The molecule has 2 rings (SSSR count). The van der Waals surface area contributed by atoms with Crippen LogP contribution in [-0.4, -0.2) is 32.7 Å². The lowest BCUT2D eigenvalue weighted by molar-refractivity contribution is -0.124. The van der Waals surface area contributed by atoms with Crippen LogP contribution in [0.5, 0.6) is 11.5 Å². The highest BCUT2D eigenvalue weighted by Gasteiger charge is 2.14. The van der Waals surface area contributed by atoms with E-state index >= 15 is 0 Å². The molecule has 1 N–H and O–H groups in total. The van der Waals surface area contributed by atoms with Gasteiger partial charge in [0.25, 0.3) is 5.91 Å². The lowest BCUT2D eigenvalue weighted by Gasteiger charge is -2.10. The number of hydrogen-bond acceptors (Lipinski definition) is 5. The van der Waals surface area contributed by atoms with E-state index in [4.69, 9.17) is 14.2 Å². The number of ether oxygens (including phenoxy) is 3. The van der Waals surface area contributed by atoms with Gasteiger partial charge >= 0.3 is 5.97 Å². The van der Waals surface area contributed by atoms with Gasteiger partial charge < -0.3 is 19.5 Å². The van der Waals surface area contributed by atoms with Gasteiger partial charge in [-0.15, -0.1) is 0 Å². The molecule has 0 aliphatic carbocycles. The smallest absolute Gasteiger partial charge is 0.342 e. The first kappa shape index (κ1) is 17.3. The summed E-state index contributed by atoms with van der Waals surface area (Å²) in [5.41, 5.74) is 1.11. The van der Waals surface area contributed by atoms with Gasteiger partial charge in [0, 0.05) is 12.1 Å². The second-order valence-electron chi connectivity index (χ2n) is 4.86. The van der Waals surface area contributed by atoms with E-state index in [-0.39, 0.29) is 18.7 Å². The number of carbonyl (C=O) groups excluding carboxylic acids is 2. The van der Waals surface area contributed by atoms with Gasteiger partial charge in [-0.3, -0.25) is 4.79 Å². The monoisotopic (exact) mass is 329 g/mol. The first-order valence-electron chi connectivity index (χ1n) is 7.34. The van der Waals surface area contributed by atoms with Crippen molar-refractivity contribution in [2.75, 3.05) is 20.8 Å². The molecule has 0 fully saturated rings. The molecule has 0 heterocycles. The molecule has 0 bridgehead atoms. The van der Waals surface area contributed by atoms with Crippen molar-refractivity contribution in [3.8, 4) is 11.5 Å². The van der Waals surface area contributed by atoms with Gasteiger partial charge in [-0.1, -0.05) is 30.3 Å². The van der Waals surface area contributed by atoms with Crippen LogP contribution >= 0.6 is 0 Å². The zero-order valence-corrected chi connectivity index (χ0v) is 13.6. The molecule has 126 valence electrons. The van der Waals surface area contributed by atoms with Crippen molar-refractivity contribution in [3.05, 3.63) is 59.7 Å².